The number of hydrogen-bond acceptors (Lipinski definition) is 5. The lowest BCUT2D eigenvalue weighted by Crippen LogP contribution is -2.34. The number of amides is 2. The van der Waals surface area contributed by atoms with Crippen LogP contribution in [0.2, 0.25) is 5.02 Å². The van der Waals surface area contributed by atoms with Gasteiger partial charge in [0.2, 0.25) is 11.8 Å². The summed E-state index contributed by atoms with van der Waals surface area (Å²) in [5.41, 5.74) is 1.35. The summed E-state index contributed by atoms with van der Waals surface area (Å²) in [6.07, 6.45) is 1.70. The number of benzene rings is 1. The van der Waals surface area contributed by atoms with Gasteiger partial charge in [0.05, 0.1) is 22.3 Å². The van der Waals surface area contributed by atoms with Crippen molar-refractivity contribution in [2.45, 2.75) is 6.61 Å². The lowest BCUT2D eigenvalue weighted by atomic mass is 10.3. The van der Waals surface area contributed by atoms with Crippen molar-refractivity contribution < 1.29 is 14.3 Å². The topological polar surface area (TPSA) is 71.5 Å². The van der Waals surface area contributed by atoms with Crippen LogP contribution in [0.25, 0.3) is 0 Å². The van der Waals surface area contributed by atoms with Gasteiger partial charge < -0.3 is 15.0 Å². The van der Waals surface area contributed by atoms with Crippen LogP contribution in [-0.2, 0) is 16.2 Å². The van der Waals surface area contributed by atoms with E-state index in [4.69, 9.17) is 16.3 Å². The number of halogens is 1. The largest absolute Gasteiger partial charge is 0.486 e. The van der Waals surface area contributed by atoms with Crippen LogP contribution in [0.1, 0.15) is 5.69 Å². The Balaban J connectivity index is 1.55. The van der Waals surface area contributed by atoms with Crippen LogP contribution in [0.5, 0.6) is 5.75 Å². The van der Waals surface area contributed by atoms with Gasteiger partial charge in [0.1, 0.15) is 18.9 Å². The second-order valence-corrected chi connectivity index (χ2v) is 6.73. The van der Waals surface area contributed by atoms with Crippen molar-refractivity contribution in [1.29, 1.82) is 0 Å². The number of anilines is 1. The van der Waals surface area contributed by atoms with Crippen LogP contribution in [0.4, 0.5) is 5.69 Å². The Hall–Kier alpha value is -2.25. The highest BCUT2D eigenvalue weighted by molar-refractivity contribution is 8.00. The highest BCUT2D eigenvalue weighted by Gasteiger charge is 2.22. The maximum absolute atomic E-state index is 12.0. The average Bonchev–Trinajstić information content (AvgIpc) is 3.00. The average molecular weight is 378 g/mol. The first-order valence-electron chi connectivity index (χ1n) is 7.59. The van der Waals surface area contributed by atoms with Crippen LogP contribution in [0, 0.1) is 0 Å². The number of aromatic nitrogens is 1. The summed E-state index contributed by atoms with van der Waals surface area (Å²) in [5, 5.41) is 3.13. The number of hydrogen-bond donors (Lipinski definition) is 1. The van der Waals surface area contributed by atoms with Crippen molar-refractivity contribution in [1.82, 2.24) is 9.88 Å². The predicted molar refractivity (Wildman–Crippen MR) is 97.7 cm³/mol. The molecule has 130 valence electrons. The summed E-state index contributed by atoms with van der Waals surface area (Å²) < 4.78 is 5.64. The monoisotopic (exact) mass is 377 g/mol. The molecule has 0 saturated carbocycles. The summed E-state index contributed by atoms with van der Waals surface area (Å²) in [5.74, 6) is 1.22. The lowest BCUT2D eigenvalue weighted by molar-refractivity contribution is -0.130. The molecule has 1 aromatic heterocycles. The zero-order valence-corrected chi connectivity index (χ0v) is 14.8. The van der Waals surface area contributed by atoms with Gasteiger partial charge >= 0.3 is 0 Å². The SMILES string of the molecule is O=C(CN1CSCC1=O)Nc1ccc(OCc2ccccn2)c(Cl)c1. The molecule has 1 aliphatic rings. The second-order valence-electron chi connectivity index (χ2n) is 5.37. The maximum Gasteiger partial charge on any atom is 0.244 e. The highest BCUT2D eigenvalue weighted by atomic mass is 35.5. The van der Waals surface area contributed by atoms with Crippen molar-refractivity contribution in [3.8, 4) is 5.75 Å². The lowest BCUT2D eigenvalue weighted by Gasteiger charge is -2.15. The third-order valence-electron chi connectivity index (χ3n) is 3.48. The molecule has 2 aromatic rings. The van der Waals surface area contributed by atoms with Crippen LogP contribution < -0.4 is 10.1 Å². The Labute approximate surface area is 154 Å². The van der Waals surface area contributed by atoms with Crippen molar-refractivity contribution in [3.05, 3.63) is 53.3 Å². The minimum atomic E-state index is -0.255. The van der Waals surface area contributed by atoms with E-state index in [0.29, 0.717) is 34.7 Å². The normalized spacial score (nSPS) is 13.8. The molecular formula is C17H16ClN3O3S. The van der Waals surface area contributed by atoms with Gasteiger partial charge in [-0.3, -0.25) is 14.6 Å². The summed E-state index contributed by atoms with van der Waals surface area (Å²) >= 11 is 7.71. The molecule has 8 heteroatoms. The van der Waals surface area contributed by atoms with E-state index in [9.17, 15) is 9.59 Å². The smallest absolute Gasteiger partial charge is 0.244 e. The fourth-order valence-corrected chi connectivity index (χ4v) is 3.38. The maximum atomic E-state index is 12.0. The molecule has 2 heterocycles. The molecule has 0 atom stereocenters. The number of rotatable bonds is 6. The quantitative estimate of drug-likeness (QED) is 0.838. The van der Waals surface area contributed by atoms with E-state index in [1.54, 1.807) is 24.4 Å². The summed E-state index contributed by atoms with van der Waals surface area (Å²) in [6.45, 7) is 0.350. The summed E-state index contributed by atoms with van der Waals surface area (Å²) in [6, 6.07) is 10.6. The highest BCUT2D eigenvalue weighted by Crippen LogP contribution is 2.28. The second kappa shape index (κ2) is 8.22. The molecule has 0 bridgehead atoms. The van der Waals surface area contributed by atoms with Gasteiger partial charge in [-0.2, -0.15) is 0 Å². The van der Waals surface area contributed by atoms with Crippen LogP contribution in [0.15, 0.2) is 42.6 Å². The Kier molecular flexibility index (Phi) is 5.78. The van der Waals surface area contributed by atoms with E-state index in [0.717, 1.165) is 5.69 Å². The van der Waals surface area contributed by atoms with E-state index in [2.05, 4.69) is 10.3 Å². The van der Waals surface area contributed by atoms with Gasteiger partial charge in [0.25, 0.3) is 0 Å². The molecule has 1 saturated heterocycles. The molecular weight excluding hydrogens is 362 g/mol. The molecule has 0 aliphatic carbocycles. The first kappa shape index (κ1) is 17.6. The summed E-state index contributed by atoms with van der Waals surface area (Å²) in [7, 11) is 0. The number of nitrogens with one attached hydrogen (secondary N) is 1. The number of pyridine rings is 1. The fourth-order valence-electron chi connectivity index (χ4n) is 2.24. The molecule has 2 amide bonds. The molecule has 1 fully saturated rings. The number of ether oxygens (including phenoxy) is 1. The third kappa shape index (κ3) is 4.87. The molecule has 1 aliphatic heterocycles. The van der Waals surface area contributed by atoms with E-state index in [1.165, 1.54) is 16.7 Å². The molecule has 0 spiro atoms. The van der Waals surface area contributed by atoms with E-state index < -0.39 is 0 Å². The zero-order chi connectivity index (χ0) is 17.6. The molecule has 25 heavy (non-hydrogen) atoms. The number of thioether (sulfide) groups is 1. The molecule has 0 radical (unpaired) electrons. The van der Waals surface area contributed by atoms with Gasteiger partial charge in [0.15, 0.2) is 0 Å². The third-order valence-corrected chi connectivity index (χ3v) is 4.72. The Morgan fingerprint density at radius 2 is 2.24 bits per heavy atom. The molecule has 1 aromatic carbocycles. The number of nitrogens with zero attached hydrogens (tertiary/aromatic N) is 2. The van der Waals surface area contributed by atoms with Crippen LogP contribution in [-0.4, -0.2) is 39.9 Å². The fraction of sp³-hybridized carbons (Fsp3) is 0.235. The standard InChI is InChI=1S/C17H16ClN3O3S/c18-14-7-12(20-16(22)8-21-11-25-10-17(21)23)4-5-15(14)24-9-13-3-1-2-6-19-13/h1-7H,8-11H2,(H,20,22). The van der Waals surface area contributed by atoms with Crippen molar-refractivity contribution >= 4 is 40.9 Å². The van der Waals surface area contributed by atoms with Crippen molar-refractivity contribution in [2.24, 2.45) is 0 Å². The van der Waals surface area contributed by atoms with Gasteiger partial charge in [-0.05, 0) is 30.3 Å². The zero-order valence-electron chi connectivity index (χ0n) is 13.3. The van der Waals surface area contributed by atoms with Crippen LogP contribution in [0.3, 0.4) is 0 Å². The predicted octanol–water partition coefficient (Wildman–Crippen LogP) is 2.79. The first-order chi connectivity index (χ1) is 12.1. The van der Waals surface area contributed by atoms with Gasteiger partial charge in [0, 0.05) is 11.9 Å². The molecule has 1 N–H and O–H groups in total. The van der Waals surface area contributed by atoms with Crippen molar-refractivity contribution in [2.75, 3.05) is 23.5 Å². The summed E-state index contributed by atoms with van der Waals surface area (Å²) in [4.78, 5) is 29.3. The Morgan fingerprint density at radius 3 is 2.92 bits per heavy atom. The Morgan fingerprint density at radius 1 is 1.36 bits per heavy atom. The first-order valence-corrected chi connectivity index (χ1v) is 9.13. The molecule has 0 unspecified atom stereocenters. The van der Waals surface area contributed by atoms with E-state index in [1.807, 2.05) is 18.2 Å². The number of carbonyl (C=O) groups is 2. The van der Waals surface area contributed by atoms with Crippen LogP contribution >= 0.6 is 23.4 Å². The van der Waals surface area contributed by atoms with E-state index >= 15 is 0 Å². The number of carbonyl (C=O) groups excluding carboxylic acids is 2. The van der Waals surface area contributed by atoms with Gasteiger partial charge in [-0.25, -0.2) is 0 Å². The van der Waals surface area contributed by atoms with Gasteiger partial charge in [-0.1, -0.05) is 17.7 Å². The Bertz CT molecular complexity index is 773. The molecule has 3 rings (SSSR count). The van der Waals surface area contributed by atoms with Gasteiger partial charge in [-0.15, -0.1) is 11.8 Å². The minimum Gasteiger partial charge on any atom is -0.486 e. The minimum absolute atomic E-state index is 0.0172. The van der Waals surface area contributed by atoms with E-state index in [-0.39, 0.29) is 18.4 Å². The van der Waals surface area contributed by atoms with Crippen molar-refractivity contribution in [3.63, 3.8) is 0 Å². The molecule has 6 nitrogen and oxygen atoms in total.